The zero-order valence-corrected chi connectivity index (χ0v) is 17.6. The van der Waals surface area contributed by atoms with Gasteiger partial charge >= 0.3 is 5.97 Å². The lowest BCUT2D eigenvalue weighted by molar-refractivity contribution is -0.148. The Morgan fingerprint density at radius 1 is 1.26 bits per heavy atom. The molecule has 0 saturated heterocycles. The molecule has 1 aromatic carbocycles. The number of hydrogen-bond donors (Lipinski definition) is 0. The lowest BCUT2D eigenvalue weighted by atomic mass is 10.2. The summed E-state index contributed by atoms with van der Waals surface area (Å²) in [6.45, 7) is 0.341. The zero-order chi connectivity index (χ0) is 22.0. The van der Waals surface area contributed by atoms with Crippen molar-refractivity contribution in [1.82, 2.24) is 9.80 Å². The molecular weight excluding hydrogens is 426 g/mol. The first-order chi connectivity index (χ1) is 14.8. The van der Waals surface area contributed by atoms with E-state index in [1.807, 2.05) is 18.2 Å². The Bertz CT molecular complexity index is 1090. The molecule has 3 aliphatic heterocycles. The summed E-state index contributed by atoms with van der Waals surface area (Å²) in [6.07, 6.45) is 3.97. The fourth-order valence-corrected chi connectivity index (χ4v) is 4.17. The minimum Gasteiger partial charge on any atom is -0.486 e. The molecule has 0 spiro atoms. The number of carbonyl (C=O) groups is 2. The molecule has 3 aliphatic rings. The van der Waals surface area contributed by atoms with Gasteiger partial charge in [-0.3, -0.25) is 4.79 Å². The first-order valence-corrected chi connectivity index (χ1v) is 11.2. The van der Waals surface area contributed by atoms with E-state index in [2.05, 4.69) is 4.40 Å². The molecule has 164 valence electrons. The van der Waals surface area contributed by atoms with Crippen molar-refractivity contribution in [3.63, 3.8) is 0 Å². The van der Waals surface area contributed by atoms with E-state index in [1.54, 1.807) is 18.0 Å². The van der Waals surface area contributed by atoms with Gasteiger partial charge < -0.3 is 24.0 Å². The molecule has 11 heteroatoms. The van der Waals surface area contributed by atoms with Crippen LogP contribution in [-0.2, 0) is 24.3 Å². The molecule has 0 bridgehead atoms. The summed E-state index contributed by atoms with van der Waals surface area (Å²) in [5.41, 5.74) is 0.203. The molecule has 0 saturated carbocycles. The summed E-state index contributed by atoms with van der Waals surface area (Å²) in [5.74, 6) is 0.323. The molecule has 0 unspecified atom stereocenters. The van der Waals surface area contributed by atoms with Crippen LogP contribution in [0.2, 0.25) is 0 Å². The normalized spacial score (nSPS) is 20.8. The Balaban J connectivity index is 1.27. The second-order valence-corrected chi connectivity index (χ2v) is 8.95. The lowest BCUT2D eigenvalue weighted by Crippen LogP contribution is -2.43. The summed E-state index contributed by atoms with van der Waals surface area (Å²) in [7, 11) is -1.88. The number of nitrogens with zero attached hydrogens (tertiary/aromatic N) is 3. The monoisotopic (exact) mass is 447 g/mol. The van der Waals surface area contributed by atoms with Crippen molar-refractivity contribution >= 4 is 27.7 Å². The van der Waals surface area contributed by atoms with E-state index in [9.17, 15) is 18.0 Å². The van der Waals surface area contributed by atoms with Crippen LogP contribution in [0.5, 0.6) is 11.5 Å². The minimum atomic E-state index is -3.47. The van der Waals surface area contributed by atoms with Crippen LogP contribution in [-0.4, -0.2) is 81.1 Å². The highest BCUT2D eigenvalue weighted by Crippen LogP contribution is 2.30. The third kappa shape index (κ3) is 4.88. The molecule has 10 nitrogen and oxygen atoms in total. The highest BCUT2D eigenvalue weighted by Gasteiger charge is 2.27. The number of fused-ring (bicyclic) bond motifs is 2. The predicted molar refractivity (Wildman–Crippen MR) is 110 cm³/mol. The van der Waals surface area contributed by atoms with Gasteiger partial charge in [-0.05, 0) is 24.3 Å². The van der Waals surface area contributed by atoms with E-state index in [0.717, 1.165) is 0 Å². The van der Waals surface area contributed by atoms with Gasteiger partial charge in [0.2, 0.25) is 0 Å². The van der Waals surface area contributed by atoms with Crippen LogP contribution in [0.4, 0.5) is 0 Å². The first-order valence-electron chi connectivity index (χ1n) is 9.59. The molecule has 1 atom stereocenters. The number of rotatable bonds is 5. The Labute approximate surface area is 179 Å². The molecule has 31 heavy (non-hydrogen) atoms. The average Bonchev–Trinajstić information content (AvgIpc) is 2.76. The van der Waals surface area contributed by atoms with Gasteiger partial charge in [-0.25, -0.2) is 13.2 Å². The number of sulfonamides is 1. The quantitative estimate of drug-likeness (QED) is 0.593. The Hall–Kier alpha value is -3.34. The maximum atomic E-state index is 12.4. The zero-order valence-electron chi connectivity index (χ0n) is 16.8. The summed E-state index contributed by atoms with van der Waals surface area (Å²) in [4.78, 5) is 27.7. The van der Waals surface area contributed by atoms with Crippen molar-refractivity contribution in [2.75, 3.05) is 39.1 Å². The number of amidine groups is 1. The Morgan fingerprint density at radius 3 is 2.84 bits per heavy atom. The number of hydrogen-bond acceptors (Lipinski definition) is 8. The highest BCUT2D eigenvalue weighted by molar-refractivity contribution is 7.90. The topological polar surface area (TPSA) is 115 Å². The van der Waals surface area contributed by atoms with Gasteiger partial charge in [0, 0.05) is 19.8 Å². The average molecular weight is 447 g/mol. The molecule has 1 aromatic rings. The van der Waals surface area contributed by atoms with Gasteiger partial charge in [0.15, 0.2) is 24.2 Å². The number of carbonyl (C=O) groups excluding carboxylic acids is 2. The van der Waals surface area contributed by atoms with Crippen LogP contribution >= 0.6 is 0 Å². The van der Waals surface area contributed by atoms with Crippen LogP contribution in [0, 0.1) is 0 Å². The molecule has 0 radical (unpaired) electrons. The van der Waals surface area contributed by atoms with E-state index in [1.165, 1.54) is 23.3 Å². The number of likely N-dealkylation sites (N-methyl/N-ethyl adjacent to an activating group) is 1. The minimum absolute atomic E-state index is 0.135. The van der Waals surface area contributed by atoms with Crippen molar-refractivity contribution in [2.24, 2.45) is 4.40 Å². The fraction of sp³-hybridized carbons (Fsp3) is 0.350. The van der Waals surface area contributed by atoms with E-state index < -0.39 is 22.6 Å². The molecule has 3 heterocycles. The number of benzene rings is 1. The summed E-state index contributed by atoms with van der Waals surface area (Å²) in [5, 5.41) is 0. The van der Waals surface area contributed by atoms with Crippen molar-refractivity contribution in [3.05, 3.63) is 48.2 Å². The van der Waals surface area contributed by atoms with E-state index in [4.69, 9.17) is 14.2 Å². The van der Waals surface area contributed by atoms with Crippen molar-refractivity contribution in [3.8, 4) is 11.5 Å². The van der Waals surface area contributed by atoms with Crippen LogP contribution in [0.1, 0.15) is 0 Å². The summed E-state index contributed by atoms with van der Waals surface area (Å²) >= 11 is 0. The third-order valence-corrected chi connectivity index (χ3v) is 6.02. The number of amides is 1. The smallest absolute Gasteiger partial charge is 0.340 e. The summed E-state index contributed by atoms with van der Waals surface area (Å²) < 4.78 is 43.3. The maximum Gasteiger partial charge on any atom is 0.340 e. The van der Waals surface area contributed by atoms with Gasteiger partial charge in [0.1, 0.15) is 12.4 Å². The van der Waals surface area contributed by atoms with E-state index in [-0.39, 0.29) is 42.3 Å². The lowest BCUT2D eigenvalue weighted by Gasteiger charge is -2.29. The number of para-hydroxylation sites is 2. The van der Waals surface area contributed by atoms with Crippen molar-refractivity contribution in [1.29, 1.82) is 0 Å². The molecule has 4 rings (SSSR count). The maximum absolute atomic E-state index is 12.4. The second kappa shape index (κ2) is 8.42. The molecule has 0 aromatic heterocycles. The predicted octanol–water partition coefficient (Wildman–Crippen LogP) is 0.326. The van der Waals surface area contributed by atoms with Gasteiger partial charge in [0.25, 0.3) is 15.9 Å². The number of esters is 1. The number of ether oxygens (including phenoxy) is 3. The third-order valence-electron chi connectivity index (χ3n) is 4.86. The van der Waals surface area contributed by atoms with Gasteiger partial charge in [-0.15, -0.1) is 4.40 Å². The van der Waals surface area contributed by atoms with Crippen molar-refractivity contribution in [2.45, 2.75) is 6.10 Å². The van der Waals surface area contributed by atoms with Gasteiger partial charge in [0.05, 0.1) is 17.9 Å². The van der Waals surface area contributed by atoms with Crippen LogP contribution in [0.15, 0.2) is 52.6 Å². The van der Waals surface area contributed by atoms with Crippen LogP contribution in [0.25, 0.3) is 0 Å². The van der Waals surface area contributed by atoms with Crippen LogP contribution < -0.4 is 9.47 Å². The standard InChI is InChI=1S/C20H21N3O7S/c1-22(11-15-12-28-16-4-2-3-5-17(16)30-15)19(24)13-29-20(25)14-6-7-18-21-31(26,27)9-8-23(18)10-14/h2-7,10,15H,8-9,11-13H2,1H3/t15-/m1/s1. The Morgan fingerprint density at radius 2 is 2.03 bits per heavy atom. The van der Waals surface area contributed by atoms with Crippen LogP contribution in [0.3, 0.4) is 0 Å². The molecule has 0 N–H and O–H groups in total. The fourth-order valence-electron chi connectivity index (χ4n) is 3.20. The molecule has 1 amide bonds. The summed E-state index contributed by atoms with van der Waals surface area (Å²) in [6, 6.07) is 7.30. The SMILES string of the molecule is CN(C[C@@H]1COc2ccccc2O1)C(=O)COC(=O)C1=CN2CCS(=O)(=O)N=C2C=C1. The van der Waals surface area contributed by atoms with Crippen molar-refractivity contribution < 1.29 is 32.2 Å². The van der Waals surface area contributed by atoms with E-state index in [0.29, 0.717) is 18.1 Å². The molecule has 0 aliphatic carbocycles. The molecular formula is C20H21N3O7S. The second-order valence-electron chi connectivity index (χ2n) is 7.19. The highest BCUT2D eigenvalue weighted by atomic mass is 32.2. The largest absolute Gasteiger partial charge is 0.486 e. The van der Waals surface area contributed by atoms with Gasteiger partial charge in [-0.2, -0.15) is 0 Å². The Kier molecular flexibility index (Phi) is 5.68. The first kappa shape index (κ1) is 20.9. The van der Waals surface area contributed by atoms with E-state index >= 15 is 0 Å². The molecule has 0 fully saturated rings. The van der Waals surface area contributed by atoms with Gasteiger partial charge in [-0.1, -0.05) is 12.1 Å².